The molecular formula is C33H35N5O2S. The Hall–Kier alpha value is -4.04. The molecule has 210 valence electrons. The Labute approximate surface area is 245 Å². The van der Waals surface area contributed by atoms with Crippen LogP contribution in [0, 0.1) is 13.8 Å². The zero-order valence-electron chi connectivity index (χ0n) is 24.2. The first kappa shape index (κ1) is 28.5. The first-order chi connectivity index (χ1) is 19.7. The Bertz CT molecular complexity index is 1590. The molecule has 2 amide bonds. The summed E-state index contributed by atoms with van der Waals surface area (Å²) in [5.74, 6) is 1.12. The van der Waals surface area contributed by atoms with Crippen LogP contribution in [0.1, 0.15) is 67.7 Å². The predicted molar refractivity (Wildman–Crippen MR) is 167 cm³/mol. The lowest BCUT2D eigenvalue weighted by Gasteiger charge is -2.22. The number of thioether (sulfide) groups is 1. The smallest absolute Gasteiger partial charge is 0.248 e. The number of hydrogen-bond donors (Lipinski definition) is 0. The van der Waals surface area contributed by atoms with Crippen molar-refractivity contribution in [3.8, 4) is 17.1 Å². The van der Waals surface area contributed by atoms with Gasteiger partial charge in [-0.1, -0.05) is 86.6 Å². The SMILES string of the molecule is Cc1ccc(-n2cnc(-c3ccc(C(C)CCC(=O)N=C4SCC(=O)N4c4cc(C)ccc4C(C)C)cc3)n2)cc1. The van der Waals surface area contributed by atoms with Crippen molar-refractivity contribution in [2.45, 2.75) is 59.3 Å². The normalized spacial score (nSPS) is 15.2. The van der Waals surface area contributed by atoms with Crippen LogP contribution in [0.3, 0.4) is 0 Å². The molecule has 0 radical (unpaired) electrons. The van der Waals surface area contributed by atoms with E-state index in [9.17, 15) is 9.59 Å². The second-order valence-corrected chi connectivity index (χ2v) is 11.9. The molecule has 1 saturated heterocycles. The highest BCUT2D eigenvalue weighted by Crippen LogP contribution is 2.34. The number of aromatic nitrogens is 3. The van der Waals surface area contributed by atoms with Gasteiger partial charge in [-0.3, -0.25) is 14.5 Å². The van der Waals surface area contributed by atoms with Crippen molar-refractivity contribution >= 4 is 34.4 Å². The zero-order valence-corrected chi connectivity index (χ0v) is 25.0. The molecule has 1 aliphatic rings. The summed E-state index contributed by atoms with van der Waals surface area (Å²) in [4.78, 5) is 36.2. The van der Waals surface area contributed by atoms with Gasteiger partial charge in [0.2, 0.25) is 11.8 Å². The molecule has 2 heterocycles. The lowest BCUT2D eigenvalue weighted by Crippen LogP contribution is -2.31. The maximum Gasteiger partial charge on any atom is 0.248 e. The highest BCUT2D eigenvalue weighted by molar-refractivity contribution is 8.15. The van der Waals surface area contributed by atoms with Gasteiger partial charge in [-0.15, -0.1) is 5.10 Å². The summed E-state index contributed by atoms with van der Waals surface area (Å²) in [6.45, 7) is 10.4. The molecule has 1 unspecified atom stereocenters. The fourth-order valence-electron chi connectivity index (χ4n) is 4.86. The van der Waals surface area contributed by atoms with Crippen molar-refractivity contribution < 1.29 is 9.59 Å². The Morgan fingerprint density at radius 2 is 1.68 bits per heavy atom. The summed E-state index contributed by atoms with van der Waals surface area (Å²) in [5.41, 5.74) is 7.21. The zero-order chi connectivity index (χ0) is 29.1. The number of aliphatic imine (C=N–C) groups is 1. The van der Waals surface area contributed by atoms with E-state index in [0.717, 1.165) is 33.6 Å². The van der Waals surface area contributed by atoms with Crippen molar-refractivity contribution in [2.75, 3.05) is 10.7 Å². The lowest BCUT2D eigenvalue weighted by molar-refractivity contribution is -0.117. The van der Waals surface area contributed by atoms with Crippen molar-refractivity contribution in [1.82, 2.24) is 14.8 Å². The second kappa shape index (κ2) is 12.2. The number of rotatable bonds is 8. The monoisotopic (exact) mass is 565 g/mol. The third-order valence-electron chi connectivity index (χ3n) is 7.35. The Balaban J connectivity index is 1.23. The van der Waals surface area contributed by atoms with Crippen molar-refractivity contribution in [2.24, 2.45) is 4.99 Å². The molecule has 1 aromatic heterocycles. The molecule has 0 aliphatic carbocycles. The van der Waals surface area contributed by atoms with Gasteiger partial charge in [-0.05, 0) is 67.0 Å². The van der Waals surface area contributed by atoms with E-state index in [1.165, 1.54) is 17.3 Å². The number of anilines is 1. The summed E-state index contributed by atoms with van der Waals surface area (Å²) < 4.78 is 1.78. The van der Waals surface area contributed by atoms with E-state index in [1.54, 1.807) is 15.9 Å². The first-order valence-corrected chi connectivity index (χ1v) is 14.9. The fraction of sp³-hybridized carbons (Fsp3) is 0.303. The Kier molecular flexibility index (Phi) is 8.49. The molecule has 1 atom stereocenters. The molecule has 1 aliphatic heterocycles. The third-order valence-corrected chi connectivity index (χ3v) is 8.28. The van der Waals surface area contributed by atoms with Crippen LogP contribution in [0.15, 0.2) is 78.0 Å². The summed E-state index contributed by atoms with van der Waals surface area (Å²) in [6.07, 6.45) is 2.70. The number of amidine groups is 1. The van der Waals surface area contributed by atoms with Crippen molar-refractivity contribution in [1.29, 1.82) is 0 Å². The van der Waals surface area contributed by atoms with E-state index >= 15 is 0 Å². The van der Waals surface area contributed by atoms with E-state index in [4.69, 9.17) is 0 Å². The molecule has 41 heavy (non-hydrogen) atoms. The van der Waals surface area contributed by atoms with Crippen LogP contribution in [0.2, 0.25) is 0 Å². The molecule has 8 heteroatoms. The molecule has 5 rings (SSSR count). The van der Waals surface area contributed by atoms with Crippen LogP contribution < -0.4 is 4.90 Å². The molecule has 0 bridgehead atoms. The van der Waals surface area contributed by atoms with E-state index < -0.39 is 0 Å². The highest BCUT2D eigenvalue weighted by Gasteiger charge is 2.32. The van der Waals surface area contributed by atoms with Gasteiger partial charge in [-0.2, -0.15) is 4.99 Å². The average molecular weight is 566 g/mol. The van der Waals surface area contributed by atoms with Gasteiger partial charge in [0.05, 0.1) is 17.1 Å². The maximum absolute atomic E-state index is 12.9. The summed E-state index contributed by atoms with van der Waals surface area (Å²) in [7, 11) is 0. The second-order valence-electron chi connectivity index (χ2n) is 10.9. The molecule has 4 aromatic rings. The molecule has 1 fully saturated rings. The topological polar surface area (TPSA) is 80.4 Å². The molecule has 0 spiro atoms. The number of amides is 2. The number of hydrogen-bond acceptors (Lipinski definition) is 5. The number of nitrogens with zero attached hydrogens (tertiary/aromatic N) is 5. The van der Waals surface area contributed by atoms with Crippen LogP contribution >= 0.6 is 11.8 Å². The molecule has 0 saturated carbocycles. The average Bonchev–Trinajstić information content (AvgIpc) is 3.59. The largest absolute Gasteiger partial charge is 0.273 e. The van der Waals surface area contributed by atoms with Crippen LogP contribution in [-0.2, 0) is 9.59 Å². The van der Waals surface area contributed by atoms with E-state index in [0.29, 0.717) is 29.6 Å². The van der Waals surface area contributed by atoms with Crippen LogP contribution in [0.25, 0.3) is 17.1 Å². The summed E-state index contributed by atoms with van der Waals surface area (Å²) in [6, 6.07) is 22.5. The van der Waals surface area contributed by atoms with Gasteiger partial charge >= 0.3 is 0 Å². The van der Waals surface area contributed by atoms with Gasteiger partial charge in [-0.25, -0.2) is 9.67 Å². The molecule has 7 nitrogen and oxygen atoms in total. The van der Waals surface area contributed by atoms with Gasteiger partial charge in [0.25, 0.3) is 0 Å². The molecule has 0 N–H and O–H groups in total. The lowest BCUT2D eigenvalue weighted by atomic mass is 9.95. The number of carbonyl (C=O) groups is 2. The van der Waals surface area contributed by atoms with Crippen LogP contribution in [0.5, 0.6) is 0 Å². The van der Waals surface area contributed by atoms with Gasteiger partial charge < -0.3 is 0 Å². The van der Waals surface area contributed by atoms with E-state index in [-0.39, 0.29) is 23.7 Å². The molecule has 3 aromatic carbocycles. The number of aryl methyl sites for hydroxylation is 2. The number of carbonyl (C=O) groups excluding carboxylic acids is 2. The van der Waals surface area contributed by atoms with E-state index in [1.807, 2.05) is 37.3 Å². The predicted octanol–water partition coefficient (Wildman–Crippen LogP) is 7.22. The standard InChI is InChI=1S/C33H35N5O2S/c1-21(2)28-16-8-23(4)18-29(28)38-31(40)19-41-33(38)35-30(39)17-9-24(5)25-10-12-26(13-11-25)32-34-20-37(36-32)27-14-6-22(3)7-15-27/h6-8,10-16,18,20-21,24H,9,17,19H2,1-5H3. The minimum absolute atomic E-state index is 0.0410. The Morgan fingerprint density at radius 1 is 0.976 bits per heavy atom. The minimum Gasteiger partial charge on any atom is -0.273 e. The molecular weight excluding hydrogens is 530 g/mol. The summed E-state index contributed by atoms with van der Waals surface area (Å²) >= 11 is 1.33. The first-order valence-electron chi connectivity index (χ1n) is 14.0. The quantitative estimate of drug-likeness (QED) is 0.225. The maximum atomic E-state index is 12.9. The third kappa shape index (κ3) is 6.49. The fourth-order valence-corrected chi connectivity index (χ4v) is 5.74. The van der Waals surface area contributed by atoms with Gasteiger partial charge in [0, 0.05) is 12.0 Å². The van der Waals surface area contributed by atoms with Gasteiger partial charge in [0.1, 0.15) is 6.33 Å². The van der Waals surface area contributed by atoms with E-state index in [2.05, 4.69) is 79.2 Å². The minimum atomic E-state index is -0.208. The summed E-state index contributed by atoms with van der Waals surface area (Å²) in [5, 5.41) is 5.11. The van der Waals surface area contributed by atoms with Crippen LogP contribution in [0.4, 0.5) is 5.69 Å². The highest BCUT2D eigenvalue weighted by atomic mass is 32.2. The van der Waals surface area contributed by atoms with Crippen molar-refractivity contribution in [3.05, 3.63) is 95.3 Å². The van der Waals surface area contributed by atoms with Gasteiger partial charge in [0.15, 0.2) is 11.0 Å². The van der Waals surface area contributed by atoms with Crippen molar-refractivity contribution in [3.63, 3.8) is 0 Å². The van der Waals surface area contributed by atoms with Crippen LogP contribution in [-0.4, -0.2) is 37.5 Å². The Morgan fingerprint density at radius 3 is 2.39 bits per heavy atom. The number of benzene rings is 3.